The van der Waals surface area contributed by atoms with Gasteiger partial charge in [-0.15, -0.1) is 0 Å². The molecule has 0 heterocycles. The van der Waals surface area contributed by atoms with E-state index in [1.54, 1.807) is 19.9 Å². The number of benzene rings is 1. The fourth-order valence-electron chi connectivity index (χ4n) is 1.52. The van der Waals surface area contributed by atoms with Gasteiger partial charge >= 0.3 is 5.97 Å². The lowest BCUT2D eigenvalue weighted by atomic mass is 10.1. The van der Waals surface area contributed by atoms with Crippen LogP contribution in [0.15, 0.2) is 28.7 Å². The second-order valence-corrected chi connectivity index (χ2v) is 5.19. The van der Waals surface area contributed by atoms with E-state index < -0.39 is 12.0 Å². The summed E-state index contributed by atoms with van der Waals surface area (Å²) < 4.78 is 5.73. The number of nitrogens with one attached hydrogen (secondary N) is 1. The summed E-state index contributed by atoms with van der Waals surface area (Å²) in [6, 6.07) is 5.19. The maximum atomic E-state index is 11.7. The number of aryl methyl sites for hydroxylation is 1. The Hall–Kier alpha value is -1.62. The highest BCUT2D eigenvalue weighted by atomic mass is 79.9. The van der Waals surface area contributed by atoms with Gasteiger partial charge in [-0.2, -0.15) is 0 Å². The average Bonchev–Trinajstić information content (AvgIpc) is 2.37. The summed E-state index contributed by atoms with van der Waals surface area (Å²) in [4.78, 5) is 23.1. The van der Waals surface area contributed by atoms with E-state index in [1.807, 2.05) is 25.1 Å². The number of esters is 1. The van der Waals surface area contributed by atoms with Crippen molar-refractivity contribution in [1.29, 1.82) is 0 Å². The number of halogens is 1. The first-order valence-electron chi connectivity index (χ1n) is 6.35. The van der Waals surface area contributed by atoms with Crippen LogP contribution in [0.5, 0.6) is 0 Å². The third-order valence-corrected chi connectivity index (χ3v) is 3.26. The molecule has 1 N–H and O–H groups in total. The van der Waals surface area contributed by atoms with Crippen LogP contribution >= 0.6 is 15.9 Å². The van der Waals surface area contributed by atoms with Crippen molar-refractivity contribution in [3.05, 3.63) is 39.9 Å². The van der Waals surface area contributed by atoms with Gasteiger partial charge in [-0.3, -0.25) is 4.79 Å². The molecule has 0 aliphatic rings. The van der Waals surface area contributed by atoms with Gasteiger partial charge in [-0.1, -0.05) is 28.1 Å². The minimum absolute atomic E-state index is 0.297. The van der Waals surface area contributed by atoms with E-state index in [2.05, 4.69) is 21.2 Å². The molecular weight excluding hydrogens is 322 g/mol. The largest absolute Gasteiger partial charge is 0.464 e. The Morgan fingerprint density at radius 3 is 2.75 bits per heavy atom. The summed E-state index contributed by atoms with van der Waals surface area (Å²) in [7, 11) is 0. The highest BCUT2D eigenvalue weighted by Gasteiger charge is 2.14. The van der Waals surface area contributed by atoms with Crippen molar-refractivity contribution in [2.75, 3.05) is 6.61 Å². The van der Waals surface area contributed by atoms with Gasteiger partial charge in [0.05, 0.1) is 6.61 Å². The molecule has 20 heavy (non-hydrogen) atoms. The van der Waals surface area contributed by atoms with Gasteiger partial charge in [0.15, 0.2) is 0 Å². The van der Waals surface area contributed by atoms with Crippen LogP contribution < -0.4 is 5.32 Å². The van der Waals surface area contributed by atoms with Crippen LogP contribution in [-0.2, 0) is 14.3 Å². The maximum absolute atomic E-state index is 11.7. The molecule has 0 aromatic heterocycles. The summed E-state index contributed by atoms with van der Waals surface area (Å²) in [6.07, 6.45) is 3.09. The second kappa shape index (κ2) is 7.85. The summed E-state index contributed by atoms with van der Waals surface area (Å²) in [5.41, 5.74) is 2.03. The zero-order chi connectivity index (χ0) is 15.1. The predicted molar refractivity (Wildman–Crippen MR) is 82.2 cm³/mol. The van der Waals surface area contributed by atoms with Crippen molar-refractivity contribution in [3.63, 3.8) is 0 Å². The van der Waals surface area contributed by atoms with Crippen molar-refractivity contribution < 1.29 is 14.3 Å². The van der Waals surface area contributed by atoms with Crippen LogP contribution in [0.1, 0.15) is 25.0 Å². The lowest BCUT2D eigenvalue weighted by Gasteiger charge is -2.10. The molecule has 4 nitrogen and oxygen atoms in total. The van der Waals surface area contributed by atoms with E-state index in [1.165, 1.54) is 6.08 Å². The highest BCUT2D eigenvalue weighted by Crippen LogP contribution is 2.19. The van der Waals surface area contributed by atoms with E-state index in [0.29, 0.717) is 6.61 Å². The normalized spacial score (nSPS) is 12.2. The molecular formula is C15H18BrNO3. The van der Waals surface area contributed by atoms with Crippen molar-refractivity contribution in [2.24, 2.45) is 0 Å². The highest BCUT2D eigenvalue weighted by molar-refractivity contribution is 9.10. The predicted octanol–water partition coefficient (Wildman–Crippen LogP) is 2.84. The molecule has 0 bridgehead atoms. The molecule has 5 heteroatoms. The molecule has 1 unspecified atom stereocenters. The fourth-order valence-corrected chi connectivity index (χ4v) is 2.15. The van der Waals surface area contributed by atoms with E-state index in [0.717, 1.165) is 15.6 Å². The van der Waals surface area contributed by atoms with E-state index in [-0.39, 0.29) is 5.91 Å². The zero-order valence-corrected chi connectivity index (χ0v) is 13.4. The molecule has 0 saturated heterocycles. The van der Waals surface area contributed by atoms with Crippen molar-refractivity contribution >= 4 is 33.9 Å². The first kappa shape index (κ1) is 16.4. The number of hydrogen-bond acceptors (Lipinski definition) is 3. The third kappa shape index (κ3) is 5.17. The van der Waals surface area contributed by atoms with Gasteiger partial charge in [0.2, 0.25) is 5.91 Å². The molecule has 1 atom stereocenters. The number of carbonyl (C=O) groups excluding carboxylic acids is 2. The Balaban J connectivity index is 2.61. The molecule has 0 fully saturated rings. The van der Waals surface area contributed by atoms with Crippen LogP contribution in [0.25, 0.3) is 6.08 Å². The number of rotatable bonds is 5. The molecule has 108 valence electrons. The molecule has 1 rings (SSSR count). The monoisotopic (exact) mass is 339 g/mol. The minimum Gasteiger partial charge on any atom is -0.464 e. The molecule has 0 aliphatic heterocycles. The number of carbonyl (C=O) groups is 2. The summed E-state index contributed by atoms with van der Waals surface area (Å²) in [5.74, 6) is -0.774. The maximum Gasteiger partial charge on any atom is 0.328 e. The number of amides is 1. The Bertz CT molecular complexity index is 526. The Kier molecular flexibility index (Phi) is 6.45. The van der Waals surface area contributed by atoms with E-state index in [4.69, 9.17) is 4.74 Å². The Labute approximate surface area is 127 Å². The first-order valence-corrected chi connectivity index (χ1v) is 7.14. The average molecular weight is 340 g/mol. The van der Waals surface area contributed by atoms with Gasteiger partial charge < -0.3 is 10.1 Å². The minimum atomic E-state index is -0.659. The first-order chi connectivity index (χ1) is 9.43. The standard InChI is InChI=1S/C15H18BrNO3/c1-4-20-15(19)11(3)17-14(18)8-7-12-6-5-10(2)9-13(12)16/h5-9,11H,4H2,1-3H3,(H,17,18). The lowest BCUT2D eigenvalue weighted by molar-refractivity contribution is -0.146. The van der Waals surface area contributed by atoms with Crippen LogP contribution in [0.3, 0.4) is 0 Å². The smallest absolute Gasteiger partial charge is 0.328 e. The second-order valence-electron chi connectivity index (χ2n) is 4.34. The Morgan fingerprint density at radius 2 is 2.15 bits per heavy atom. The van der Waals surface area contributed by atoms with E-state index in [9.17, 15) is 9.59 Å². The van der Waals surface area contributed by atoms with Gasteiger partial charge in [0.1, 0.15) is 6.04 Å². The van der Waals surface area contributed by atoms with Crippen LogP contribution in [-0.4, -0.2) is 24.5 Å². The van der Waals surface area contributed by atoms with Gasteiger partial charge in [0, 0.05) is 10.5 Å². The Morgan fingerprint density at radius 1 is 1.45 bits per heavy atom. The number of hydrogen-bond donors (Lipinski definition) is 1. The summed E-state index contributed by atoms with van der Waals surface area (Å²) in [6.45, 7) is 5.60. The zero-order valence-electron chi connectivity index (χ0n) is 11.8. The van der Waals surface area contributed by atoms with Crippen LogP contribution in [0.2, 0.25) is 0 Å². The molecule has 1 amide bonds. The topological polar surface area (TPSA) is 55.4 Å². The molecule has 1 aromatic rings. The van der Waals surface area contributed by atoms with Crippen LogP contribution in [0, 0.1) is 6.92 Å². The van der Waals surface area contributed by atoms with Crippen LogP contribution in [0.4, 0.5) is 0 Å². The van der Waals surface area contributed by atoms with Crippen molar-refractivity contribution in [2.45, 2.75) is 26.8 Å². The summed E-state index contributed by atoms with van der Waals surface area (Å²) >= 11 is 3.43. The third-order valence-electron chi connectivity index (χ3n) is 2.57. The van der Waals surface area contributed by atoms with Crippen molar-refractivity contribution in [1.82, 2.24) is 5.32 Å². The van der Waals surface area contributed by atoms with Crippen molar-refractivity contribution in [3.8, 4) is 0 Å². The molecule has 0 saturated carbocycles. The quantitative estimate of drug-likeness (QED) is 0.662. The van der Waals surface area contributed by atoms with Gasteiger partial charge in [-0.05, 0) is 44.0 Å². The van der Waals surface area contributed by atoms with Gasteiger partial charge in [0.25, 0.3) is 0 Å². The van der Waals surface area contributed by atoms with Gasteiger partial charge in [-0.25, -0.2) is 4.79 Å². The summed E-state index contributed by atoms with van der Waals surface area (Å²) in [5, 5.41) is 2.55. The fraction of sp³-hybridized carbons (Fsp3) is 0.333. The molecule has 0 aliphatic carbocycles. The lowest BCUT2D eigenvalue weighted by Crippen LogP contribution is -2.38. The molecule has 0 spiro atoms. The van der Waals surface area contributed by atoms with E-state index >= 15 is 0 Å². The molecule has 0 radical (unpaired) electrons. The molecule has 1 aromatic carbocycles. The number of ether oxygens (including phenoxy) is 1. The SMILES string of the molecule is CCOC(=O)C(C)NC(=O)C=Cc1ccc(C)cc1Br.